The number of carbonyl (C=O) groups is 4. The first kappa shape index (κ1) is 29.5. The van der Waals surface area contributed by atoms with E-state index in [1.165, 1.54) is 4.90 Å². The van der Waals surface area contributed by atoms with Crippen LogP contribution in [0.2, 0.25) is 0 Å². The molecule has 5 rings (SSSR count). The summed E-state index contributed by atoms with van der Waals surface area (Å²) >= 11 is 0. The van der Waals surface area contributed by atoms with Gasteiger partial charge in [0.25, 0.3) is 0 Å². The van der Waals surface area contributed by atoms with Crippen molar-refractivity contribution in [2.24, 2.45) is 5.92 Å². The Balaban J connectivity index is 1.46. The number of ether oxygens (including phenoxy) is 1. The van der Waals surface area contributed by atoms with E-state index in [1.807, 2.05) is 37.3 Å². The second-order valence-corrected chi connectivity index (χ2v) is 12.7. The molecule has 1 saturated heterocycles. The summed E-state index contributed by atoms with van der Waals surface area (Å²) in [5.41, 5.74) is 0.287. The van der Waals surface area contributed by atoms with E-state index in [9.17, 15) is 24.3 Å². The predicted octanol–water partition coefficient (Wildman–Crippen LogP) is 3.25. The molecule has 3 N–H and O–H groups in total. The molecule has 3 amide bonds. The van der Waals surface area contributed by atoms with Crippen LogP contribution in [0.3, 0.4) is 0 Å². The van der Waals surface area contributed by atoms with Crippen molar-refractivity contribution >= 4 is 34.9 Å². The maximum atomic E-state index is 14.1. The van der Waals surface area contributed by atoms with Crippen LogP contribution in [-0.4, -0.2) is 78.6 Å². The monoisotopic (exact) mass is 580 g/mol. The molecule has 1 aromatic heterocycles. The number of carbonyl (C=O) groups excluding carboxylic acids is 3. The fraction of sp³-hybridized carbons (Fsp3) is 0.600. The van der Waals surface area contributed by atoms with Gasteiger partial charge in [-0.15, -0.1) is 0 Å². The minimum atomic E-state index is -1.40. The Labute approximate surface area is 244 Å². The van der Waals surface area contributed by atoms with Gasteiger partial charge in [-0.25, -0.2) is 9.59 Å². The zero-order valence-electron chi connectivity index (χ0n) is 24.6. The summed E-state index contributed by atoms with van der Waals surface area (Å²) < 4.78 is 5.44. The Bertz CT molecular complexity index is 1410. The van der Waals surface area contributed by atoms with E-state index in [1.54, 1.807) is 25.6 Å². The highest BCUT2D eigenvalue weighted by Crippen LogP contribution is 2.45. The van der Waals surface area contributed by atoms with E-state index in [4.69, 9.17) is 4.74 Å². The van der Waals surface area contributed by atoms with Gasteiger partial charge in [-0.05, 0) is 71.1 Å². The maximum Gasteiger partial charge on any atom is 0.408 e. The molecule has 3 aliphatic rings. The number of allylic oxidation sites excluding steroid dienone is 1. The first-order valence-electron chi connectivity index (χ1n) is 14.7. The lowest BCUT2D eigenvalue weighted by Gasteiger charge is -2.30. The molecule has 1 saturated carbocycles. The molecule has 42 heavy (non-hydrogen) atoms. The van der Waals surface area contributed by atoms with Crippen LogP contribution < -0.4 is 10.6 Å². The van der Waals surface area contributed by atoms with Gasteiger partial charge in [0, 0.05) is 18.9 Å². The number of hydrogen-bond acceptors (Lipinski definition) is 7. The number of benzene rings is 1. The minimum Gasteiger partial charge on any atom is -0.479 e. The second-order valence-electron chi connectivity index (χ2n) is 12.7. The van der Waals surface area contributed by atoms with Crippen LogP contribution in [0.1, 0.15) is 77.3 Å². The highest BCUT2D eigenvalue weighted by molar-refractivity contribution is 5.96. The quantitative estimate of drug-likeness (QED) is 0.467. The van der Waals surface area contributed by atoms with E-state index in [-0.39, 0.29) is 18.9 Å². The highest BCUT2D eigenvalue weighted by atomic mass is 16.6. The Morgan fingerprint density at radius 2 is 1.90 bits per heavy atom. The van der Waals surface area contributed by atoms with Gasteiger partial charge in [-0.3, -0.25) is 9.59 Å². The van der Waals surface area contributed by atoms with Crippen molar-refractivity contribution in [3.63, 3.8) is 0 Å². The number of rotatable bonds is 3. The number of carboxylic acids is 1. The first-order chi connectivity index (χ1) is 19.9. The molecule has 1 aromatic carbocycles. The van der Waals surface area contributed by atoms with Crippen LogP contribution in [0, 0.1) is 12.8 Å². The number of nitrogens with one attached hydrogen (secondary N) is 2. The van der Waals surface area contributed by atoms with Crippen LogP contribution in [0.25, 0.3) is 11.0 Å². The minimum absolute atomic E-state index is 0.132. The Morgan fingerprint density at radius 1 is 1.14 bits per heavy atom. The molecular weight excluding hydrogens is 540 g/mol. The van der Waals surface area contributed by atoms with Crippen LogP contribution in [-0.2, 0) is 19.1 Å². The third kappa shape index (κ3) is 6.27. The van der Waals surface area contributed by atoms with Crippen molar-refractivity contribution in [2.45, 2.75) is 102 Å². The summed E-state index contributed by atoms with van der Waals surface area (Å²) in [6.45, 7) is 7.33. The van der Waals surface area contributed by atoms with E-state index in [0.717, 1.165) is 24.8 Å². The van der Waals surface area contributed by atoms with Crippen molar-refractivity contribution in [3.8, 4) is 0 Å². The fourth-order valence-corrected chi connectivity index (χ4v) is 5.90. The van der Waals surface area contributed by atoms with Gasteiger partial charge in [0.05, 0.1) is 6.04 Å². The largest absolute Gasteiger partial charge is 0.479 e. The molecule has 12 heteroatoms. The van der Waals surface area contributed by atoms with Crippen LogP contribution in [0.15, 0.2) is 30.4 Å². The van der Waals surface area contributed by atoms with Gasteiger partial charge < -0.3 is 25.4 Å². The van der Waals surface area contributed by atoms with Gasteiger partial charge in [0.2, 0.25) is 11.8 Å². The third-order valence-corrected chi connectivity index (χ3v) is 8.21. The van der Waals surface area contributed by atoms with Crippen molar-refractivity contribution in [1.29, 1.82) is 0 Å². The van der Waals surface area contributed by atoms with Gasteiger partial charge in [-0.2, -0.15) is 15.0 Å². The molecule has 5 atom stereocenters. The molecule has 12 nitrogen and oxygen atoms in total. The maximum absolute atomic E-state index is 14.1. The van der Waals surface area contributed by atoms with Crippen LogP contribution in [0.5, 0.6) is 0 Å². The molecule has 0 unspecified atom stereocenters. The number of carboxylic acid groups (broad SMARTS) is 1. The standard InChI is InChI=1S/C30H40N6O6/c1-18-12-13-21-23(14-18)34-36(33-21)20-15-24-25(37)32-30(27(39)40)16-19(30)10-8-6-5-7-9-11-22(26(38)35(24)17-20)31-28(41)42-29(2,3)4/h8,10,12-14,19-20,22,24H,5-7,9,11,15-17H2,1-4H3,(H,31,41)(H,32,37)(H,39,40)/b10-8-/t19-,20-,22-,24-,30+/m0/s1. The lowest BCUT2D eigenvalue weighted by molar-refractivity contribution is -0.145. The Hall–Kier alpha value is -3.96. The number of hydrogen-bond donors (Lipinski definition) is 3. The van der Waals surface area contributed by atoms with E-state index < -0.39 is 53.1 Å². The predicted molar refractivity (Wildman–Crippen MR) is 153 cm³/mol. The van der Waals surface area contributed by atoms with Crippen molar-refractivity contribution < 1.29 is 29.0 Å². The Kier molecular flexibility index (Phi) is 8.00. The smallest absolute Gasteiger partial charge is 0.408 e. The molecule has 2 fully saturated rings. The lowest BCUT2D eigenvalue weighted by Crippen LogP contribution is -2.56. The summed E-state index contributed by atoms with van der Waals surface area (Å²) in [7, 11) is 0. The summed E-state index contributed by atoms with van der Waals surface area (Å²) in [5.74, 6) is -2.36. The zero-order chi connectivity index (χ0) is 30.2. The average Bonchev–Trinajstić information content (AvgIpc) is 3.22. The molecule has 2 aromatic rings. The number of aromatic nitrogens is 3. The average molecular weight is 581 g/mol. The number of aliphatic carboxylic acids is 1. The number of aryl methyl sites for hydroxylation is 1. The van der Waals surface area contributed by atoms with Crippen LogP contribution >= 0.6 is 0 Å². The molecule has 0 radical (unpaired) electrons. The third-order valence-electron chi connectivity index (χ3n) is 8.21. The first-order valence-corrected chi connectivity index (χ1v) is 14.7. The zero-order valence-corrected chi connectivity index (χ0v) is 24.6. The molecule has 3 heterocycles. The van der Waals surface area contributed by atoms with E-state index >= 15 is 0 Å². The molecule has 0 bridgehead atoms. The number of fused-ring (bicyclic) bond motifs is 3. The molecule has 0 spiro atoms. The second kappa shape index (κ2) is 11.4. The summed E-state index contributed by atoms with van der Waals surface area (Å²) in [4.78, 5) is 55.9. The number of amides is 3. The fourth-order valence-electron chi connectivity index (χ4n) is 5.90. The Morgan fingerprint density at radius 3 is 2.64 bits per heavy atom. The lowest BCUT2D eigenvalue weighted by atomic mass is 10.0. The van der Waals surface area contributed by atoms with Gasteiger partial charge >= 0.3 is 12.1 Å². The number of nitrogens with zero attached hydrogens (tertiary/aromatic N) is 4. The van der Waals surface area contributed by atoms with Crippen molar-refractivity contribution in [3.05, 3.63) is 35.9 Å². The molecule has 1 aliphatic carbocycles. The van der Waals surface area contributed by atoms with Crippen LogP contribution in [0.4, 0.5) is 4.79 Å². The van der Waals surface area contributed by atoms with Crippen molar-refractivity contribution in [1.82, 2.24) is 30.5 Å². The van der Waals surface area contributed by atoms with Gasteiger partial charge in [-0.1, -0.05) is 31.1 Å². The summed E-state index contributed by atoms with van der Waals surface area (Å²) in [6, 6.07) is 3.43. The molecular formula is C30H40N6O6. The molecule has 226 valence electrons. The number of alkyl carbamates (subject to hydrolysis) is 1. The molecule has 2 aliphatic heterocycles. The topological polar surface area (TPSA) is 156 Å². The van der Waals surface area contributed by atoms with Gasteiger partial charge in [0.15, 0.2) is 0 Å². The SMILES string of the molecule is Cc1ccc2nn([C@H]3C[C@H]4C(=O)N[C@]5(C(=O)O)C[C@@H]5/C=C\CCCCC[C@H](NC(=O)OC(C)(C)C)C(=O)N4C3)nc2c1. The van der Waals surface area contributed by atoms with E-state index in [2.05, 4.69) is 20.8 Å². The normalized spacial score (nSPS) is 29.5. The summed E-state index contributed by atoms with van der Waals surface area (Å²) in [6.07, 6.45) is 7.14. The van der Waals surface area contributed by atoms with E-state index in [0.29, 0.717) is 30.3 Å². The summed E-state index contributed by atoms with van der Waals surface area (Å²) in [5, 5.41) is 24.8. The highest BCUT2D eigenvalue weighted by Gasteiger charge is 2.61. The van der Waals surface area contributed by atoms with Gasteiger partial charge in [0.1, 0.15) is 34.3 Å². The van der Waals surface area contributed by atoms with Crippen molar-refractivity contribution in [2.75, 3.05) is 6.54 Å².